The van der Waals surface area contributed by atoms with Crippen LogP contribution < -0.4 is 11.5 Å². The lowest BCUT2D eigenvalue weighted by atomic mass is 9.86. The zero-order valence-corrected chi connectivity index (χ0v) is 12.4. The SMILES string of the molecule is CCC(N)C(C)(CC)N(CN1CCOCC1)C(N)=O. The Hall–Kier alpha value is -0.850. The smallest absolute Gasteiger partial charge is 0.316 e. The second kappa shape index (κ2) is 7.07. The Bertz CT molecular complexity index is 294. The van der Waals surface area contributed by atoms with Gasteiger partial charge in [0.05, 0.1) is 25.4 Å². The number of ether oxygens (including phenoxy) is 1. The number of morpholine rings is 1. The Morgan fingerprint density at radius 3 is 2.42 bits per heavy atom. The lowest BCUT2D eigenvalue weighted by molar-refractivity contribution is -0.00841. The molecule has 1 heterocycles. The molecule has 0 spiro atoms. The first-order valence-corrected chi connectivity index (χ1v) is 7.08. The van der Waals surface area contributed by atoms with E-state index in [1.807, 2.05) is 20.8 Å². The van der Waals surface area contributed by atoms with Crippen LogP contribution in [0.25, 0.3) is 0 Å². The summed E-state index contributed by atoms with van der Waals surface area (Å²) in [4.78, 5) is 15.7. The fraction of sp³-hybridized carbons (Fsp3) is 0.923. The Labute approximate surface area is 116 Å². The topological polar surface area (TPSA) is 84.8 Å². The van der Waals surface area contributed by atoms with Crippen molar-refractivity contribution in [3.05, 3.63) is 0 Å². The Balaban J connectivity index is 2.81. The van der Waals surface area contributed by atoms with Gasteiger partial charge in [-0.3, -0.25) is 4.90 Å². The van der Waals surface area contributed by atoms with E-state index in [9.17, 15) is 4.79 Å². The second-order valence-corrected chi connectivity index (χ2v) is 5.36. The van der Waals surface area contributed by atoms with E-state index in [1.54, 1.807) is 4.90 Å². The molecule has 2 atom stereocenters. The summed E-state index contributed by atoms with van der Waals surface area (Å²) in [6, 6.07) is -0.481. The van der Waals surface area contributed by atoms with Crippen molar-refractivity contribution in [2.24, 2.45) is 11.5 Å². The van der Waals surface area contributed by atoms with Crippen LogP contribution >= 0.6 is 0 Å². The number of hydrogen-bond donors (Lipinski definition) is 2. The van der Waals surface area contributed by atoms with Crippen LogP contribution in [0.5, 0.6) is 0 Å². The predicted molar refractivity (Wildman–Crippen MR) is 75.6 cm³/mol. The van der Waals surface area contributed by atoms with Crippen LogP contribution in [0.1, 0.15) is 33.6 Å². The standard InChI is InChI=1S/C13H28N4O2/c1-4-11(14)13(3,5-2)17(12(15)18)10-16-6-8-19-9-7-16/h11H,4-10,14H2,1-3H3,(H2,15,18). The largest absolute Gasteiger partial charge is 0.379 e. The van der Waals surface area contributed by atoms with Gasteiger partial charge in [-0.05, 0) is 19.8 Å². The average molecular weight is 272 g/mol. The molecular formula is C13H28N4O2. The monoisotopic (exact) mass is 272 g/mol. The van der Waals surface area contributed by atoms with Crippen molar-refractivity contribution in [1.29, 1.82) is 0 Å². The van der Waals surface area contributed by atoms with Gasteiger partial charge in [-0.15, -0.1) is 0 Å². The molecular weight excluding hydrogens is 244 g/mol. The summed E-state index contributed by atoms with van der Waals surface area (Å²) < 4.78 is 5.32. The van der Waals surface area contributed by atoms with E-state index in [0.717, 1.165) is 25.9 Å². The molecule has 6 heteroatoms. The van der Waals surface area contributed by atoms with Gasteiger partial charge in [-0.2, -0.15) is 0 Å². The molecule has 2 unspecified atom stereocenters. The van der Waals surface area contributed by atoms with Crippen LogP contribution in [0.3, 0.4) is 0 Å². The molecule has 2 amide bonds. The molecule has 0 aliphatic carbocycles. The minimum Gasteiger partial charge on any atom is -0.379 e. The predicted octanol–water partition coefficient (Wildman–Crippen LogP) is 0.563. The van der Waals surface area contributed by atoms with Crippen molar-refractivity contribution in [1.82, 2.24) is 9.80 Å². The zero-order chi connectivity index (χ0) is 14.5. The zero-order valence-electron chi connectivity index (χ0n) is 12.4. The number of urea groups is 1. The fourth-order valence-electron chi connectivity index (χ4n) is 2.52. The summed E-state index contributed by atoms with van der Waals surface area (Å²) in [6.45, 7) is 9.68. The third-order valence-corrected chi connectivity index (χ3v) is 4.28. The number of rotatable bonds is 6. The fourth-order valence-corrected chi connectivity index (χ4v) is 2.52. The van der Waals surface area contributed by atoms with Crippen molar-refractivity contribution in [2.75, 3.05) is 33.0 Å². The van der Waals surface area contributed by atoms with Crippen molar-refractivity contribution in [3.63, 3.8) is 0 Å². The number of nitrogens with zero attached hydrogens (tertiary/aromatic N) is 2. The van der Waals surface area contributed by atoms with Gasteiger partial charge in [-0.25, -0.2) is 4.79 Å². The minimum atomic E-state index is -0.404. The van der Waals surface area contributed by atoms with Crippen molar-refractivity contribution < 1.29 is 9.53 Å². The van der Waals surface area contributed by atoms with Crippen molar-refractivity contribution in [2.45, 2.75) is 45.2 Å². The van der Waals surface area contributed by atoms with E-state index in [1.165, 1.54) is 0 Å². The highest BCUT2D eigenvalue weighted by Crippen LogP contribution is 2.25. The molecule has 4 N–H and O–H groups in total. The Kier molecular flexibility index (Phi) is 6.03. The molecule has 0 saturated carbocycles. The van der Waals surface area contributed by atoms with Crippen molar-refractivity contribution in [3.8, 4) is 0 Å². The van der Waals surface area contributed by atoms with Crippen LogP contribution in [-0.2, 0) is 4.74 Å². The molecule has 1 aliphatic heterocycles. The van der Waals surface area contributed by atoms with Crippen LogP contribution in [0.2, 0.25) is 0 Å². The number of amides is 2. The molecule has 1 aliphatic rings. The van der Waals surface area contributed by atoms with Gasteiger partial charge < -0.3 is 21.1 Å². The maximum atomic E-state index is 11.8. The molecule has 0 bridgehead atoms. The Morgan fingerprint density at radius 1 is 1.42 bits per heavy atom. The maximum Gasteiger partial charge on any atom is 0.316 e. The first kappa shape index (κ1) is 16.2. The van der Waals surface area contributed by atoms with Gasteiger partial charge in [0, 0.05) is 19.1 Å². The Morgan fingerprint density at radius 2 is 2.00 bits per heavy atom. The van der Waals surface area contributed by atoms with Gasteiger partial charge in [0.15, 0.2) is 0 Å². The number of carbonyl (C=O) groups is 1. The average Bonchev–Trinajstić information content (AvgIpc) is 2.43. The van der Waals surface area contributed by atoms with Gasteiger partial charge in [-0.1, -0.05) is 13.8 Å². The van der Waals surface area contributed by atoms with Gasteiger partial charge in [0.25, 0.3) is 0 Å². The van der Waals surface area contributed by atoms with E-state index in [4.69, 9.17) is 16.2 Å². The molecule has 0 aromatic heterocycles. The van der Waals surface area contributed by atoms with Crippen LogP contribution in [0.4, 0.5) is 4.79 Å². The summed E-state index contributed by atoms with van der Waals surface area (Å²) in [7, 11) is 0. The van der Waals surface area contributed by atoms with Gasteiger partial charge >= 0.3 is 6.03 Å². The summed E-state index contributed by atoms with van der Waals surface area (Å²) >= 11 is 0. The van der Waals surface area contributed by atoms with E-state index < -0.39 is 11.6 Å². The molecule has 1 saturated heterocycles. The minimum absolute atomic E-state index is 0.0777. The van der Waals surface area contributed by atoms with Crippen LogP contribution in [0.15, 0.2) is 0 Å². The number of hydrogen-bond acceptors (Lipinski definition) is 4. The first-order chi connectivity index (χ1) is 8.95. The van der Waals surface area contributed by atoms with Crippen LogP contribution in [-0.4, -0.2) is 60.4 Å². The van der Waals surface area contributed by atoms with Gasteiger partial charge in [0.2, 0.25) is 0 Å². The lowest BCUT2D eigenvalue weighted by Crippen LogP contribution is -2.63. The second-order valence-electron chi connectivity index (χ2n) is 5.36. The molecule has 0 aromatic rings. The highest BCUT2D eigenvalue weighted by atomic mass is 16.5. The first-order valence-electron chi connectivity index (χ1n) is 7.08. The summed E-state index contributed by atoms with van der Waals surface area (Å²) in [6.07, 6.45) is 1.60. The maximum absolute atomic E-state index is 11.8. The molecule has 19 heavy (non-hydrogen) atoms. The normalized spacial score (nSPS) is 21.7. The molecule has 112 valence electrons. The summed E-state index contributed by atoms with van der Waals surface area (Å²) in [5, 5.41) is 0. The third-order valence-electron chi connectivity index (χ3n) is 4.28. The molecule has 0 aromatic carbocycles. The molecule has 1 rings (SSSR count). The molecule has 6 nitrogen and oxygen atoms in total. The number of nitrogens with two attached hydrogens (primary N) is 2. The van der Waals surface area contributed by atoms with E-state index in [0.29, 0.717) is 19.9 Å². The quantitative estimate of drug-likeness (QED) is 0.740. The summed E-state index contributed by atoms with van der Waals surface area (Å²) in [5.74, 6) is 0. The highest BCUT2D eigenvalue weighted by molar-refractivity contribution is 5.73. The van der Waals surface area contributed by atoms with Crippen LogP contribution in [0, 0.1) is 0 Å². The van der Waals surface area contributed by atoms with E-state index in [2.05, 4.69) is 4.90 Å². The number of carbonyl (C=O) groups excluding carboxylic acids is 1. The summed E-state index contributed by atoms with van der Waals surface area (Å²) in [5.41, 5.74) is 11.4. The number of primary amides is 1. The highest BCUT2D eigenvalue weighted by Gasteiger charge is 2.38. The third kappa shape index (κ3) is 3.81. The lowest BCUT2D eigenvalue weighted by Gasteiger charge is -2.46. The molecule has 1 fully saturated rings. The van der Waals surface area contributed by atoms with E-state index >= 15 is 0 Å². The van der Waals surface area contributed by atoms with Gasteiger partial charge in [0.1, 0.15) is 0 Å². The van der Waals surface area contributed by atoms with E-state index in [-0.39, 0.29) is 6.04 Å². The molecule has 0 radical (unpaired) electrons. The van der Waals surface area contributed by atoms with Crippen molar-refractivity contribution >= 4 is 6.03 Å².